The van der Waals surface area contributed by atoms with Crippen LogP contribution in [0.5, 0.6) is 0 Å². The molecule has 1 N–H and O–H groups in total. The van der Waals surface area contributed by atoms with Gasteiger partial charge in [-0.05, 0) is 47.5 Å². The summed E-state index contributed by atoms with van der Waals surface area (Å²) in [5, 5.41) is 9.92. The summed E-state index contributed by atoms with van der Waals surface area (Å²) in [6, 6.07) is 16.5. The average Bonchev–Trinajstić information content (AvgIpc) is 2.73. The maximum Gasteiger partial charge on any atom is 0.316 e. The Hall–Kier alpha value is -3.87. The Labute approximate surface area is 161 Å². The van der Waals surface area contributed by atoms with E-state index in [0.29, 0.717) is 5.82 Å². The molecule has 0 saturated heterocycles. The highest BCUT2D eigenvalue weighted by Gasteiger charge is 2.14. The lowest BCUT2D eigenvalue weighted by Gasteiger charge is -2.16. The molecule has 28 heavy (non-hydrogen) atoms. The molecule has 4 aromatic rings. The third kappa shape index (κ3) is 3.25. The van der Waals surface area contributed by atoms with E-state index >= 15 is 0 Å². The summed E-state index contributed by atoms with van der Waals surface area (Å²) >= 11 is 0. The van der Waals surface area contributed by atoms with Crippen LogP contribution in [0.2, 0.25) is 0 Å². The second-order valence-corrected chi connectivity index (χ2v) is 6.56. The van der Waals surface area contributed by atoms with E-state index in [1.54, 1.807) is 36.7 Å². The lowest BCUT2D eigenvalue weighted by atomic mass is 10.0. The molecule has 4 rings (SSSR count). The first-order valence-corrected chi connectivity index (χ1v) is 8.69. The molecule has 138 valence electrons. The van der Waals surface area contributed by atoms with Gasteiger partial charge >= 0.3 is 5.69 Å². The van der Waals surface area contributed by atoms with E-state index in [9.17, 15) is 4.91 Å². The van der Waals surface area contributed by atoms with Gasteiger partial charge in [-0.1, -0.05) is 6.07 Å². The summed E-state index contributed by atoms with van der Waals surface area (Å²) in [6.07, 6.45) is 3.47. The van der Waals surface area contributed by atoms with Crippen LogP contribution < -0.4 is 4.90 Å². The van der Waals surface area contributed by atoms with Crippen molar-refractivity contribution in [2.24, 2.45) is 0 Å². The van der Waals surface area contributed by atoms with E-state index in [2.05, 4.69) is 4.98 Å². The Morgan fingerprint density at radius 2 is 1.68 bits per heavy atom. The number of hydrogen-bond donors (Lipinski definition) is 1. The zero-order valence-electron chi connectivity index (χ0n) is 15.4. The van der Waals surface area contributed by atoms with Crippen LogP contribution in [0.3, 0.4) is 0 Å². The van der Waals surface area contributed by atoms with Crippen LogP contribution in [-0.2, 0) is 0 Å². The first kappa shape index (κ1) is 17.5. The molecule has 7 heteroatoms. The van der Waals surface area contributed by atoms with Crippen molar-refractivity contribution >= 4 is 22.4 Å². The molecule has 0 fully saturated rings. The summed E-state index contributed by atoms with van der Waals surface area (Å²) in [5.74, 6) is 1.43. The van der Waals surface area contributed by atoms with E-state index in [0.717, 1.165) is 33.4 Å². The van der Waals surface area contributed by atoms with Gasteiger partial charge < -0.3 is 4.90 Å². The highest BCUT2D eigenvalue weighted by molar-refractivity contribution is 5.94. The van der Waals surface area contributed by atoms with Crippen molar-refractivity contribution in [3.05, 3.63) is 71.9 Å². The van der Waals surface area contributed by atoms with Crippen molar-refractivity contribution in [2.45, 2.75) is 0 Å². The standard InChI is InChI=1S/C21H18N5O2/c1-25(2)21-18-12-15(14-5-8-17(9-6-14)26(27)28)7-10-19(18)23-20(24-21)16-4-3-11-22-13-16/h3-13H,1-2H3,(H,27,28)/q+1. The van der Waals surface area contributed by atoms with Gasteiger partial charge in [-0.3, -0.25) is 4.98 Å². The molecule has 0 amide bonds. The molecule has 0 unspecified atom stereocenters. The zero-order chi connectivity index (χ0) is 19.7. The molecule has 2 aromatic heterocycles. The molecule has 0 atom stereocenters. The molecule has 0 radical (unpaired) electrons. The summed E-state index contributed by atoms with van der Waals surface area (Å²) in [6.45, 7) is 0. The number of fused-ring (bicyclic) bond motifs is 1. The number of pyridine rings is 1. The lowest BCUT2D eigenvalue weighted by Crippen LogP contribution is -2.12. The van der Waals surface area contributed by atoms with Gasteiger partial charge in [0.15, 0.2) is 5.82 Å². The summed E-state index contributed by atoms with van der Waals surface area (Å²) < 4.78 is 0. The third-order valence-corrected chi connectivity index (χ3v) is 4.44. The minimum Gasteiger partial charge on any atom is -0.362 e. The van der Waals surface area contributed by atoms with E-state index < -0.39 is 0 Å². The predicted molar refractivity (Wildman–Crippen MR) is 108 cm³/mol. The van der Waals surface area contributed by atoms with Crippen LogP contribution in [0.15, 0.2) is 67.0 Å². The predicted octanol–water partition coefficient (Wildman–Crippen LogP) is 4.22. The molecule has 0 bridgehead atoms. The van der Waals surface area contributed by atoms with Gasteiger partial charge in [0.1, 0.15) is 5.82 Å². The number of hydrogen-bond acceptors (Lipinski definition) is 5. The highest BCUT2D eigenvalue weighted by Crippen LogP contribution is 2.31. The van der Waals surface area contributed by atoms with Crippen molar-refractivity contribution in [2.75, 3.05) is 19.0 Å². The Morgan fingerprint density at radius 1 is 0.929 bits per heavy atom. The molecule has 0 aliphatic rings. The molecule has 0 spiro atoms. The summed E-state index contributed by atoms with van der Waals surface area (Å²) in [4.78, 5) is 26.4. The Balaban J connectivity index is 1.85. The van der Waals surface area contributed by atoms with Crippen LogP contribution in [0, 0.1) is 4.91 Å². The van der Waals surface area contributed by atoms with E-state index in [-0.39, 0.29) is 10.6 Å². The van der Waals surface area contributed by atoms with Gasteiger partial charge in [0.2, 0.25) is 0 Å². The van der Waals surface area contributed by atoms with Crippen molar-refractivity contribution in [1.29, 1.82) is 0 Å². The lowest BCUT2D eigenvalue weighted by molar-refractivity contribution is -0.729. The average molecular weight is 372 g/mol. The highest BCUT2D eigenvalue weighted by atomic mass is 16.6. The first-order chi connectivity index (χ1) is 13.5. The second-order valence-electron chi connectivity index (χ2n) is 6.56. The fraction of sp³-hybridized carbons (Fsp3) is 0.0952. The minimum absolute atomic E-state index is 0.151. The van der Waals surface area contributed by atoms with Crippen LogP contribution in [-0.4, -0.2) is 39.2 Å². The van der Waals surface area contributed by atoms with Crippen molar-refractivity contribution in [3.8, 4) is 22.5 Å². The van der Waals surface area contributed by atoms with Crippen LogP contribution in [0.1, 0.15) is 0 Å². The summed E-state index contributed by atoms with van der Waals surface area (Å²) in [7, 11) is 3.89. The number of benzene rings is 2. The fourth-order valence-electron chi connectivity index (χ4n) is 3.04. The SMILES string of the molecule is CN(C)c1nc(-c2cccnc2)nc2ccc(-c3ccc([N+](=O)O)cc3)cc12. The molecule has 0 saturated carbocycles. The second kappa shape index (κ2) is 7.03. The molecule has 2 aromatic carbocycles. The summed E-state index contributed by atoms with van der Waals surface area (Å²) in [5.41, 5.74) is 3.77. The molecule has 7 nitrogen and oxygen atoms in total. The smallest absolute Gasteiger partial charge is 0.316 e. The van der Waals surface area contributed by atoms with Crippen LogP contribution >= 0.6 is 0 Å². The molecule has 2 heterocycles. The van der Waals surface area contributed by atoms with Crippen molar-refractivity contribution in [1.82, 2.24) is 15.0 Å². The number of rotatable bonds is 4. The maximum atomic E-state index is 11.0. The molecular weight excluding hydrogens is 354 g/mol. The quantitative estimate of drug-likeness (QED) is 0.540. The zero-order valence-corrected chi connectivity index (χ0v) is 15.4. The van der Waals surface area contributed by atoms with Crippen LogP contribution in [0.25, 0.3) is 33.4 Å². The Bertz CT molecular complexity index is 1160. The van der Waals surface area contributed by atoms with Crippen molar-refractivity contribution in [3.63, 3.8) is 0 Å². The van der Waals surface area contributed by atoms with Gasteiger partial charge in [-0.15, -0.1) is 0 Å². The maximum absolute atomic E-state index is 11.0. The number of nitrogens with zero attached hydrogens (tertiary/aromatic N) is 5. The van der Waals surface area contributed by atoms with E-state index in [1.165, 1.54) is 0 Å². The van der Waals surface area contributed by atoms with Crippen LogP contribution in [0.4, 0.5) is 11.5 Å². The number of aromatic nitrogens is 3. The number of anilines is 1. The van der Waals surface area contributed by atoms with Gasteiger partial charge in [-0.25, -0.2) is 15.2 Å². The molecule has 0 aliphatic carbocycles. The van der Waals surface area contributed by atoms with Crippen molar-refractivity contribution < 1.29 is 10.1 Å². The monoisotopic (exact) mass is 372 g/mol. The molecular formula is C21H18N5O2+. The van der Waals surface area contributed by atoms with Gasteiger partial charge in [0, 0.05) is 49.6 Å². The van der Waals surface area contributed by atoms with Gasteiger partial charge in [0.05, 0.1) is 10.4 Å². The van der Waals surface area contributed by atoms with E-state index in [4.69, 9.17) is 15.2 Å². The minimum atomic E-state index is -0.151. The Morgan fingerprint density at radius 3 is 2.32 bits per heavy atom. The van der Waals surface area contributed by atoms with Gasteiger partial charge in [0.25, 0.3) is 4.92 Å². The first-order valence-electron chi connectivity index (χ1n) is 8.69. The Kier molecular flexibility index (Phi) is 4.41. The third-order valence-electron chi connectivity index (χ3n) is 4.44. The van der Waals surface area contributed by atoms with E-state index in [1.807, 2.05) is 49.3 Å². The normalized spacial score (nSPS) is 10.8. The largest absolute Gasteiger partial charge is 0.362 e. The van der Waals surface area contributed by atoms with Gasteiger partial charge in [-0.2, -0.15) is 0 Å². The topological polar surface area (TPSA) is 82.2 Å². The fourth-order valence-corrected chi connectivity index (χ4v) is 3.04. The molecule has 0 aliphatic heterocycles.